The van der Waals surface area contributed by atoms with Gasteiger partial charge in [-0.1, -0.05) is 36.9 Å². The summed E-state index contributed by atoms with van der Waals surface area (Å²) in [6, 6.07) is 8.88. The third kappa shape index (κ3) is 2.65. The van der Waals surface area contributed by atoms with Crippen LogP contribution in [-0.2, 0) is 0 Å². The van der Waals surface area contributed by atoms with E-state index in [1.54, 1.807) is 16.0 Å². The second kappa shape index (κ2) is 5.53. The lowest BCUT2D eigenvalue weighted by molar-refractivity contribution is 0.508. The number of benzene rings is 1. The number of allylic oxidation sites excluding steroid dienone is 2. The van der Waals surface area contributed by atoms with Crippen molar-refractivity contribution >= 4 is 56.0 Å². The van der Waals surface area contributed by atoms with Crippen LogP contribution < -0.4 is 4.98 Å². The maximum atomic E-state index is 4.02. The molecule has 0 saturated heterocycles. The number of hydrogen-bond acceptors (Lipinski definition) is 3. The monoisotopic (exact) mass is 385 g/mol. The molecule has 1 aliphatic carbocycles. The minimum Gasteiger partial charge on any atom is -0.332 e. The Morgan fingerprint density at radius 1 is 1.00 bits per heavy atom. The summed E-state index contributed by atoms with van der Waals surface area (Å²) in [6.07, 6.45) is 0. The lowest BCUT2D eigenvalue weighted by atomic mass is 10.1. The Hall–Kier alpha value is -0.943. The molecule has 1 atom stereocenters. The van der Waals surface area contributed by atoms with E-state index in [0.717, 1.165) is 0 Å². The highest BCUT2D eigenvalue weighted by atomic mass is 32.1. The Kier molecular flexibility index (Phi) is 3.86. The van der Waals surface area contributed by atoms with Crippen LogP contribution in [0.25, 0.3) is 25.1 Å². The molecule has 1 unspecified atom stereocenters. The molecule has 2 aromatic heterocycles. The predicted molar refractivity (Wildman–Crippen MR) is 119 cm³/mol. The summed E-state index contributed by atoms with van der Waals surface area (Å²) in [5.74, 6) is 0. The van der Waals surface area contributed by atoms with Gasteiger partial charge in [0.15, 0.2) is 0 Å². The van der Waals surface area contributed by atoms with Gasteiger partial charge in [0.1, 0.15) is 8.24 Å². The average Bonchev–Trinajstić information content (AvgIpc) is 3.06. The Bertz CT molecular complexity index is 1010. The van der Waals surface area contributed by atoms with E-state index in [4.69, 9.17) is 0 Å². The zero-order valence-corrected chi connectivity index (χ0v) is 18.8. The average molecular weight is 386 g/mol. The first-order valence-electron chi connectivity index (χ1n) is 9.01. The van der Waals surface area contributed by atoms with Gasteiger partial charge in [0, 0.05) is 31.6 Å². The molecule has 25 heavy (non-hydrogen) atoms. The number of thiophene rings is 2. The molecule has 4 rings (SSSR count). The second-order valence-corrected chi connectivity index (χ2v) is 15.3. The lowest BCUT2D eigenvalue weighted by Gasteiger charge is -2.38. The molecular formula is C21H27NS2Si. The van der Waals surface area contributed by atoms with E-state index in [1.165, 1.54) is 25.1 Å². The fourth-order valence-corrected chi connectivity index (χ4v) is 12.8. The SMILES string of the molecule is CC1=C(C)C([Si](C)(C)NC(C)(C)C)c2sc3c(sc4ccccc43)c21. The van der Waals surface area contributed by atoms with Gasteiger partial charge < -0.3 is 4.98 Å². The molecule has 0 amide bonds. The number of nitrogens with one attached hydrogen (secondary N) is 1. The van der Waals surface area contributed by atoms with E-state index in [2.05, 4.69) is 88.3 Å². The van der Waals surface area contributed by atoms with E-state index in [-0.39, 0.29) is 5.54 Å². The summed E-state index contributed by atoms with van der Waals surface area (Å²) in [5, 5.41) is 1.44. The van der Waals surface area contributed by atoms with E-state index in [9.17, 15) is 0 Å². The van der Waals surface area contributed by atoms with E-state index in [0.29, 0.717) is 5.54 Å². The zero-order valence-electron chi connectivity index (χ0n) is 16.2. The maximum Gasteiger partial charge on any atom is 0.132 e. The van der Waals surface area contributed by atoms with Crippen molar-refractivity contribution in [3.8, 4) is 0 Å². The summed E-state index contributed by atoms with van der Waals surface area (Å²) in [7, 11) is -1.66. The van der Waals surface area contributed by atoms with Crippen LogP contribution in [0.15, 0.2) is 29.8 Å². The van der Waals surface area contributed by atoms with Crippen LogP contribution in [0.3, 0.4) is 0 Å². The van der Waals surface area contributed by atoms with Crippen LogP contribution in [0, 0.1) is 0 Å². The van der Waals surface area contributed by atoms with Crippen molar-refractivity contribution in [3.05, 3.63) is 40.3 Å². The topological polar surface area (TPSA) is 12.0 Å². The normalized spacial score (nSPS) is 18.6. The largest absolute Gasteiger partial charge is 0.332 e. The van der Waals surface area contributed by atoms with Crippen LogP contribution in [0.5, 0.6) is 0 Å². The van der Waals surface area contributed by atoms with Gasteiger partial charge in [0.25, 0.3) is 0 Å². The minimum absolute atomic E-state index is 0.161. The van der Waals surface area contributed by atoms with Crippen LogP contribution in [0.4, 0.5) is 0 Å². The Morgan fingerprint density at radius 3 is 2.36 bits per heavy atom. The molecule has 132 valence electrons. The summed E-state index contributed by atoms with van der Waals surface area (Å²) in [4.78, 5) is 5.64. The number of fused-ring (bicyclic) bond motifs is 5. The lowest BCUT2D eigenvalue weighted by Crippen LogP contribution is -2.57. The first-order chi connectivity index (χ1) is 11.6. The van der Waals surface area contributed by atoms with Gasteiger partial charge >= 0.3 is 0 Å². The summed E-state index contributed by atoms with van der Waals surface area (Å²) in [5.41, 5.74) is 5.42. The van der Waals surface area contributed by atoms with E-state index < -0.39 is 8.24 Å². The molecule has 1 aliphatic rings. The minimum atomic E-state index is -1.66. The van der Waals surface area contributed by atoms with Gasteiger partial charge in [-0.15, -0.1) is 22.7 Å². The quantitative estimate of drug-likeness (QED) is 0.462. The van der Waals surface area contributed by atoms with Crippen LogP contribution in [0.2, 0.25) is 13.1 Å². The molecule has 0 spiro atoms. The van der Waals surface area contributed by atoms with Crippen LogP contribution in [-0.4, -0.2) is 13.8 Å². The molecule has 1 aromatic carbocycles. The van der Waals surface area contributed by atoms with Crippen molar-refractivity contribution in [3.63, 3.8) is 0 Å². The zero-order chi connectivity index (χ0) is 18.1. The molecule has 2 heterocycles. The van der Waals surface area contributed by atoms with Crippen LogP contribution in [0.1, 0.15) is 50.6 Å². The second-order valence-electron chi connectivity index (χ2n) is 8.94. The van der Waals surface area contributed by atoms with Crippen molar-refractivity contribution in [2.75, 3.05) is 0 Å². The Morgan fingerprint density at radius 2 is 1.68 bits per heavy atom. The molecular weight excluding hydrogens is 358 g/mol. The van der Waals surface area contributed by atoms with Crippen molar-refractivity contribution in [2.24, 2.45) is 0 Å². The van der Waals surface area contributed by atoms with Crippen molar-refractivity contribution < 1.29 is 0 Å². The summed E-state index contributed by atoms with van der Waals surface area (Å²) < 4.78 is 4.44. The van der Waals surface area contributed by atoms with Crippen molar-refractivity contribution in [1.82, 2.24) is 4.98 Å². The standard InChI is InChI=1S/C21H27NS2Si/c1-12-13(2)20(25(6,7)22-21(3,4)5)19-16(12)18-17(24-19)14-10-8-9-11-15(14)23-18/h8-11,20,22H,1-7H3. The predicted octanol–water partition coefficient (Wildman–Crippen LogP) is 7.14. The Labute approximate surface area is 159 Å². The van der Waals surface area contributed by atoms with Gasteiger partial charge in [0.2, 0.25) is 0 Å². The highest BCUT2D eigenvalue weighted by Crippen LogP contribution is 2.55. The molecule has 1 nitrogen and oxygen atoms in total. The molecule has 3 aromatic rings. The molecule has 0 saturated carbocycles. The van der Waals surface area contributed by atoms with Crippen LogP contribution >= 0.6 is 22.7 Å². The summed E-state index contributed by atoms with van der Waals surface area (Å²) in [6.45, 7) is 16.6. The smallest absolute Gasteiger partial charge is 0.132 e. The van der Waals surface area contributed by atoms with E-state index >= 15 is 0 Å². The fraction of sp³-hybridized carbons (Fsp3) is 0.429. The highest BCUT2D eigenvalue weighted by Gasteiger charge is 2.44. The summed E-state index contributed by atoms with van der Waals surface area (Å²) >= 11 is 4.03. The third-order valence-corrected chi connectivity index (χ3v) is 11.7. The van der Waals surface area contributed by atoms with Gasteiger partial charge in [-0.2, -0.15) is 0 Å². The number of rotatable bonds is 2. The molecule has 1 N–H and O–H groups in total. The molecule has 4 heteroatoms. The highest BCUT2D eigenvalue weighted by molar-refractivity contribution is 7.33. The van der Waals surface area contributed by atoms with Gasteiger partial charge in [0.05, 0.1) is 9.40 Å². The van der Waals surface area contributed by atoms with Crippen molar-refractivity contribution in [1.29, 1.82) is 0 Å². The molecule has 0 fully saturated rings. The van der Waals surface area contributed by atoms with Gasteiger partial charge in [-0.25, -0.2) is 0 Å². The third-order valence-electron chi connectivity index (χ3n) is 5.32. The first kappa shape index (κ1) is 17.5. The fourth-order valence-electron chi connectivity index (χ4n) is 4.64. The molecule has 0 radical (unpaired) electrons. The van der Waals surface area contributed by atoms with Crippen molar-refractivity contribution in [2.45, 2.75) is 58.8 Å². The number of hydrogen-bond donors (Lipinski definition) is 1. The van der Waals surface area contributed by atoms with Gasteiger partial charge in [-0.05, 0) is 46.3 Å². The van der Waals surface area contributed by atoms with E-state index in [1.807, 2.05) is 11.3 Å². The first-order valence-corrected chi connectivity index (χ1v) is 13.7. The maximum absolute atomic E-state index is 4.02. The van der Waals surface area contributed by atoms with Gasteiger partial charge in [-0.3, -0.25) is 0 Å². The molecule has 0 bridgehead atoms. The Balaban J connectivity index is 1.94. The molecule has 0 aliphatic heterocycles.